The molecule has 2 aromatic rings. The van der Waals surface area contributed by atoms with Gasteiger partial charge in [-0.25, -0.2) is 0 Å². The molecule has 30 heavy (non-hydrogen) atoms. The summed E-state index contributed by atoms with van der Waals surface area (Å²) in [6.45, 7) is 7.72. The molecule has 0 saturated carbocycles. The third-order valence-corrected chi connectivity index (χ3v) is 5.01. The molecule has 0 aliphatic carbocycles. The van der Waals surface area contributed by atoms with E-state index in [9.17, 15) is 4.79 Å². The lowest BCUT2D eigenvalue weighted by Gasteiger charge is -2.31. The van der Waals surface area contributed by atoms with E-state index in [0.717, 1.165) is 16.8 Å². The molecule has 6 nitrogen and oxygen atoms in total. The number of thiocarbonyl (C=S) groups is 1. The van der Waals surface area contributed by atoms with Gasteiger partial charge in [-0.15, -0.1) is 0 Å². The molecule has 1 unspecified atom stereocenters. The summed E-state index contributed by atoms with van der Waals surface area (Å²) in [6.07, 6.45) is 0.0203. The van der Waals surface area contributed by atoms with Crippen molar-refractivity contribution < 1.29 is 14.3 Å². The minimum Gasteiger partial charge on any atom is -0.493 e. The summed E-state index contributed by atoms with van der Waals surface area (Å²) >= 11 is 5.35. The summed E-state index contributed by atoms with van der Waals surface area (Å²) in [6, 6.07) is 12.9. The number of methoxy groups -OCH3 is 1. The van der Waals surface area contributed by atoms with Crippen LogP contribution >= 0.6 is 12.2 Å². The lowest BCUT2D eigenvalue weighted by atomic mass is 9.94. The van der Waals surface area contributed by atoms with Gasteiger partial charge in [-0.3, -0.25) is 4.79 Å². The predicted octanol–water partition coefficient (Wildman–Crippen LogP) is 4.22. The third-order valence-electron chi connectivity index (χ3n) is 4.79. The van der Waals surface area contributed by atoms with Crippen molar-refractivity contribution in [2.75, 3.05) is 12.4 Å². The summed E-state index contributed by atoms with van der Waals surface area (Å²) < 4.78 is 11.3. The van der Waals surface area contributed by atoms with Crippen molar-refractivity contribution in [1.29, 1.82) is 0 Å². The molecule has 0 spiro atoms. The molecule has 0 radical (unpaired) electrons. The van der Waals surface area contributed by atoms with Gasteiger partial charge in [0.15, 0.2) is 16.6 Å². The molecule has 158 valence electrons. The molecule has 0 aromatic heterocycles. The third kappa shape index (κ3) is 4.74. The molecule has 3 rings (SSSR count). The maximum atomic E-state index is 13.2. The Bertz CT molecular complexity index is 1000. The molecule has 0 bridgehead atoms. The lowest BCUT2D eigenvalue weighted by Crippen LogP contribution is -2.45. The van der Waals surface area contributed by atoms with Gasteiger partial charge >= 0.3 is 0 Å². The SMILES string of the molecule is COc1cc(C2NC(=S)NC(C)=C2C(=O)Nc2ccccc2C)ccc1OC(C)C. The minimum absolute atomic E-state index is 0.0203. The second-order valence-electron chi connectivity index (χ2n) is 7.42. The van der Waals surface area contributed by atoms with Crippen molar-refractivity contribution in [2.45, 2.75) is 39.8 Å². The molecule has 1 amide bonds. The lowest BCUT2D eigenvalue weighted by molar-refractivity contribution is -0.113. The van der Waals surface area contributed by atoms with Crippen LogP contribution in [0.5, 0.6) is 11.5 Å². The number of benzene rings is 2. The largest absolute Gasteiger partial charge is 0.493 e. The number of carbonyl (C=O) groups is 1. The first kappa shape index (κ1) is 21.6. The molecule has 1 aliphatic rings. The highest BCUT2D eigenvalue weighted by Gasteiger charge is 2.30. The highest BCUT2D eigenvalue weighted by Crippen LogP contribution is 2.35. The number of allylic oxidation sites excluding steroid dienone is 1. The van der Waals surface area contributed by atoms with Gasteiger partial charge in [0.05, 0.1) is 24.8 Å². The number of ether oxygens (including phenoxy) is 2. The van der Waals surface area contributed by atoms with Crippen LogP contribution in [-0.4, -0.2) is 24.2 Å². The molecular formula is C23H27N3O3S. The van der Waals surface area contributed by atoms with E-state index >= 15 is 0 Å². The van der Waals surface area contributed by atoms with Gasteiger partial charge in [0.1, 0.15) is 0 Å². The van der Waals surface area contributed by atoms with Crippen LogP contribution in [0.2, 0.25) is 0 Å². The first-order valence-corrected chi connectivity index (χ1v) is 10.2. The van der Waals surface area contributed by atoms with Crippen LogP contribution in [0.4, 0.5) is 5.69 Å². The van der Waals surface area contributed by atoms with Crippen molar-refractivity contribution in [1.82, 2.24) is 10.6 Å². The van der Waals surface area contributed by atoms with Crippen molar-refractivity contribution in [2.24, 2.45) is 0 Å². The summed E-state index contributed by atoms with van der Waals surface area (Å²) in [5.41, 5.74) is 3.88. The minimum atomic E-state index is -0.426. The van der Waals surface area contributed by atoms with Crippen molar-refractivity contribution in [3.63, 3.8) is 0 Å². The van der Waals surface area contributed by atoms with Gasteiger partial charge in [0, 0.05) is 11.4 Å². The van der Waals surface area contributed by atoms with E-state index in [-0.39, 0.29) is 12.0 Å². The fraction of sp³-hybridized carbons (Fsp3) is 0.304. The van der Waals surface area contributed by atoms with Gasteiger partial charge in [-0.2, -0.15) is 0 Å². The highest BCUT2D eigenvalue weighted by atomic mass is 32.1. The Labute approximate surface area is 182 Å². The van der Waals surface area contributed by atoms with Crippen LogP contribution in [-0.2, 0) is 4.79 Å². The van der Waals surface area contributed by atoms with E-state index < -0.39 is 6.04 Å². The van der Waals surface area contributed by atoms with Crippen molar-refractivity contribution >= 4 is 28.9 Å². The Kier molecular flexibility index (Phi) is 6.62. The van der Waals surface area contributed by atoms with Crippen molar-refractivity contribution in [3.8, 4) is 11.5 Å². The first-order chi connectivity index (χ1) is 14.3. The number of carbonyl (C=O) groups excluding carboxylic acids is 1. The van der Waals surface area contributed by atoms with Crippen LogP contribution in [0.15, 0.2) is 53.7 Å². The Morgan fingerprint density at radius 2 is 1.87 bits per heavy atom. The molecule has 0 fully saturated rings. The molecule has 1 heterocycles. The van der Waals surface area contributed by atoms with E-state index in [2.05, 4.69) is 16.0 Å². The Morgan fingerprint density at radius 3 is 2.53 bits per heavy atom. The number of anilines is 1. The van der Waals surface area contributed by atoms with Crippen LogP contribution in [0.3, 0.4) is 0 Å². The second kappa shape index (κ2) is 9.17. The zero-order valence-electron chi connectivity index (χ0n) is 17.8. The number of nitrogens with one attached hydrogen (secondary N) is 3. The number of rotatable bonds is 6. The first-order valence-electron chi connectivity index (χ1n) is 9.80. The van der Waals surface area contributed by atoms with Gasteiger partial charge in [-0.1, -0.05) is 24.3 Å². The quantitative estimate of drug-likeness (QED) is 0.602. The normalized spacial score (nSPS) is 16.1. The number of hydrogen-bond acceptors (Lipinski definition) is 4. The molecule has 2 aromatic carbocycles. The summed E-state index contributed by atoms with van der Waals surface area (Å²) in [4.78, 5) is 13.2. The monoisotopic (exact) mass is 425 g/mol. The molecule has 1 aliphatic heterocycles. The number of hydrogen-bond donors (Lipinski definition) is 3. The molecule has 0 saturated heterocycles. The Hall–Kier alpha value is -3.06. The zero-order chi connectivity index (χ0) is 21.8. The predicted molar refractivity (Wildman–Crippen MR) is 123 cm³/mol. The molecule has 3 N–H and O–H groups in total. The smallest absolute Gasteiger partial charge is 0.255 e. The maximum Gasteiger partial charge on any atom is 0.255 e. The van der Waals surface area contributed by atoms with Crippen LogP contribution in [0, 0.1) is 6.92 Å². The average molecular weight is 426 g/mol. The standard InChI is InChI=1S/C23H27N3O3S/c1-13(2)29-18-11-10-16(12-19(18)28-5)21-20(15(4)24-23(30)26-21)22(27)25-17-9-7-6-8-14(17)3/h6-13,21H,1-5H3,(H,25,27)(H2,24,26,30). The van der Waals surface area contributed by atoms with Gasteiger partial charge in [0.2, 0.25) is 0 Å². The Balaban J connectivity index is 1.97. The topological polar surface area (TPSA) is 71.6 Å². The van der Waals surface area contributed by atoms with E-state index in [0.29, 0.717) is 27.9 Å². The molecular weight excluding hydrogens is 398 g/mol. The van der Waals surface area contributed by atoms with Gasteiger partial charge in [-0.05, 0) is 69.2 Å². The van der Waals surface area contributed by atoms with Crippen LogP contribution in [0.25, 0.3) is 0 Å². The van der Waals surface area contributed by atoms with Crippen LogP contribution in [0.1, 0.15) is 37.9 Å². The summed E-state index contributed by atoms with van der Waals surface area (Å²) in [7, 11) is 1.60. The second-order valence-corrected chi connectivity index (χ2v) is 7.82. The average Bonchev–Trinajstić information content (AvgIpc) is 2.69. The van der Waals surface area contributed by atoms with E-state index in [1.807, 2.05) is 70.2 Å². The van der Waals surface area contributed by atoms with E-state index in [1.165, 1.54) is 0 Å². The summed E-state index contributed by atoms with van der Waals surface area (Å²) in [5, 5.41) is 9.75. The summed E-state index contributed by atoms with van der Waals surface area (Å²) in [5.74, 6) is 1.05. The fourth-order valence-corrected chi connectivity index (χ4v) is 3.63. The Morgan fingerprint density at radius 1 is 1.13 bits per heavy atom. The van der Waals surface area contributed by atoms with Gasteiger partial charge in [0.25, 0.3) is 5.91 Å². The maximum absolute atomic E-state index is 13.2. The number of para-hydroxylation sites is 1. The fourth-order valence-electron chi connectivity index (χ4n) is 3.36. The van der Waals surface area contributed by atoms with Crippen LogP contribution < -0.4 is 25.4 Å². The van der Waals surface area contributed by atoms with E-state index in [1.54, 1.807) is 7.11 Å². The molecule has 7 heteroatoms. The van der Waals surface area contributed by atoms with Gasteiger partial charge < -0.3 is 25.4 Å². The number of amides is 1. The van der Waals surface area contributed by atoms with Crippen molar-refractivity contribution in [3.05, 3.63) is 64.9 Å². The highest BCUT2D eigenvalue weighted by molar-refractivity contribution is 7.80. The molecule has 1 atom stereocenters. The van der Waals surface area contributed by atoms with E-state index in [4.69, 9.17) is 21.7 Å². The number of aryl methyl sites for hydroxylation is 1. The zero-order valence-corrected chi connectivity index (χ0v) is 18.6.